The van der Waals surface area contributed by atoms with Gasteiger partial charge in [-0.05, 0) is 34.0 Å². The van der Waals surface area contributed by atoms with Gasteiger partial charge in [-0.25, -0.2) is 13.1 Å². The van der Waals surface area contributed by atoms with Crippen molar-refractivity contribution in [2.45, 2.75) is 17.0 Å². The van der Waals surface area contributed by atoms with Crippen LogP contribution in [0.3, 0.4) is 0 Å². The minimum absolute atomic E-state index is 0.00156. The largest absolute Gasteiger partial charge is 0.314 e. The maximum Gasteiger partial charge on any atom is 0.241 e. The molecule has 1 aliphatic carbocycles. The van der Waals surface area contributed by atoms with Crippen molar-refractivity contribution in [3.05, 3.63) is 77.9 Å². The van der Waals surface area contributed by atoms with E-state index in [1.165, 1.54) is 10.9 Å². The van der Waals surface area contributed by atoms with Crippen LogP contribution in [0.2, 0.25) is 0 Å². The van der Waals surface area contributed by atoms with E-state index in [-0.39, 0.29) is 12.1 Å². The highest BCUT2D eigenvalue weighted by Gasteiger charge is 2.40. The summed E-state index contributed by atoms with van der Waals surface area (Å²) in [6, 6.07) is 20.8. The predicted octanol–water partition coefficient (Wildman–Crippen LogP) is 2.82. The van der Waals surface area contributed by atoms with Crippen molar-refractivity contribution in [3.8, 4) is 0 Å². The molecule has 3 aromatic carbocycles. The maximum absolute atomic E-state index is 13.1. The van der Waals surface area contributed by atoms with Gasteiger partial charge in [0, 0.05) is 26.2 Å². The number of piperazine rings is 1. The summed E-state index contributed by atoms with van der Waals surface area (Å²) >= 11 is 0. The Morgan fingerprint density at radius 1 is 0.857 bits per heavy atom. The number of sulfonamides is 1. The van der Waals surface area contributed by atoms with Gasteiger partial charge in [-0.2, -0.15) is 0 Å². The number of hydrogen-bond donors (Lipinski definition) is 2. The third kappa shape index (κ3) is 2.93. The highest BCUT2D eigenvalue weighted by atomic mass is 32.2. The minimum atomic E-state index is -3.62. The normalized spacial score (nSPS) is 22.6. The quantitative estimate of drug-likeness (QED) is 0.716. The first kappa shape index (κ1) is 17.8. The average Bonchev–Trinajstić information content (AvgIpc) is 3.04. The van der Waals surface area contributed by atoms with Crippen LogP contribution in [0.1, 0.15) is 23.2 Å². The lowest BCUT2D eigenvalue weighted by Crippen LogP contribution is -2.48. The predicted molar refractivity (Wildman–Crippen MR) is 111 cm³/mol. The van der Waals surface area contributed by atoms with Crippen LogP contribution in [0.4, 0.5) is 0 Å². The van der Waals surface area contributed by atoms with E-state index in [4.69, 9.17) is 0 Å². The Bertz CT molecular complexity index is 1100. The molecule has 0 amide bonds. The highest BCUT2D eigenvalue weighted by molar-refractivity contribution is 7.89. The van der Waals surface area contributed by atoms with Crippen LogP contribution >= 0.6 is 0 Å². The van der Waals surface area contributed by atoms with Crippen molar-refractivity contribution in [2.75, 3.05) is 26.2 Å². The number of hydrogen-bond acceptors (Lipinski definition) is 4. The van der Waals surface area contributed by atoms with Gasteiger partial charge in [-0.3, -0.25) is 4.90 Å². The van der Waals surface area contributed by atoms with Crippen molar-refractivity contribution in [3.63, 3.8) is 0 Å². The van der Waals surface area contributed by atoms with Gasteiger partial charge in [0.25, 0.3) is 0 Å². The first-order valence-electron chi connectivity index (χ1n) is 9.69. The van der Waals surface area contributed by atoms with Crippen molar-refractivity contribution in [2.24, 2.45) is 0 Å². The van der Waals surface area contributed by atoms with Crippen molar-refractivity contribution < 1.29 is 8.42 Å². The number of benzene rings is 3. The fourth-order valence-corrected chi connectivity index (χ4v) is 5.83. The molecule has 2 aliphatic rings. The lowest BCUT2D eigenvalue weighted by atomic mass is 10.0. The number of nitrogens with zero attached hydrogens (tertiary/aromatic N) is 1. The Kier molecular flexibility index (Phi) is 4.44. The van der Waals surface area contributed by atoms with E-state index in [1.54, 1.807) is 24.3 Å². The molecule has 0 spiro atoms. The van der Waals surface area contributed by atoms with Gasteiger partial charge in [0.2, 0.25) is 10.0 Å². The molecule has 0 radical (unpaired) electrons. The minimum Gasteiger partial charge on any atom is -0.314 e. The van der Waals surface area contributed by atoms with Gasteiger partial charge in [0.1, 0.15) is 0 Å². The van der Waals surface area contributed by atoms with Gasteiger partial charge in [-0.1, -0.05) is 54.6 Å². The second-order valence-corrected chi connectivity index (χ2v) is 9.15. The molecular formula is C22H23N3O2S. The van der Waals surface area contributed by atoms with Crippen LogP contribution in [0.25, 0.3) is 10.8 Å². The third-order valence-electron chi connectivity index (χ3n) is 5.82. The van der Waals surface area contributed by atoms with Gasteiger partial charge >= 0.3 is 0 Å². The SMILES string of the molecule is O=S(=O)(N[C@H]1c2cccc3cccc(c23)[C@H]1N1CCNCC1)c1ccccc1. The first-order valence-corrected chi connectivity index (χ1v) is 11.2. The molecule has 0 aromatic heterocycles. The van der Waals surface area contributed by atoms with Gasteiger partial charge < -0.3 is 5.32 Å². The molecule has 5 nitrogen and oxygen atoms in total. The van der Waals surface area contributed by atoms with Crippen LogP contribution in [-0.2, 0) is 10.0 Å². The molecule has 6 heteroatoms. The van der Waals surface area contributed by atoms with Crippen LogP contribution in [0.15, 0.2) is 71.6 Å². The van der Waals surface area contributed by atoms with E-state index >= 15 is 0 Å². The fraction of sp³-hybridized carbons (Fsp3) is 0.273. The molecule has 1 aliphatic heterocycles. The highest BCUT2D eigenvalue weighted by Crippen LogP contribution is 2.47. The first-order chi connectivity index (χ1) is 13.6. The standard InChI is InChI=1S/C22H23N3O2S/c26-28(27,17-8-2-1-3-9-17)24-21-18-10-4-6-16-7-5-11-19(20(16)18)22(21)25-14-12-23-13-15-25/h1-11,21-24H,12-15H2/t21-,22+/m0/s1. The monoisotopic (exact) mass is 393 g/mol. The topological polar surface area (TPSA) is 61.4 Å². The number of nitrogens with one attached hydrogen (secondary N) is 2. The summed E-state index contributed by atoms with van der Waals surface area (Å²) in [6.45, 7) is 3.64. The second kappa shape index (κ2) is 6.97. The Morgan fingerprint density at radius 2 is 1.54 bits per heavy atom. The van der Waals surface area contributed by atoms with E-state index in [9.17, 15) is 8.42 Å². The molecular weight excluding hydrogens is 370 g/mol. The van der Waals surface area contributed by atoms with E-state index in [1.807, 2.05) is 12.1 Å². The Morgan fingerprint density at radius 3 is 2.25 bits per heavy atom. The molecule has 2 atom stereocenters. The summed E-state index contributed by atoms with van der Waals surface area (Å²) in [4.78, 5) is 2.71. The molecule has 0 saturated carbocycles. The molecule has 0 bridgehead atoms. The summed E-state index contributed by atoms with van der Waals surface area (Å²) in [5, 5.41) is 5.75. The molecule has 1 heterocycles. The zero-order valence-corrected chi connectivity index (χ0v) is 16.3. The van der Waals surface area contributed by atoms with Crippen molar-refractivity contribution >= 4 is 20.8 Å². The summed E-state index contributed by atoms with van der Waals surface area (Å²) in [6.07, 6.45) is 0. The molecule has 0 unspecified atom stereocenters. The molecule has 144 valence electrons. The van der Waals surface area contributed by atoms with Crippen molar-refractivity contribution in [1.82, 2.24) is 14.9 Å². The van der Waals surface area contributed by atoms with Gasteiger partial charge in [0.05, 0.1) is 17.0 Å². The van der Waals surface area contributed by atoms with Crippen LogP contribution in [0, 0.1) is 0 Å². The molecule has 28 heavy (non-hydrogen) atoms. The lowest BCUT2D eigenvalue weighted by molar-refractivity contribution is 0.152. The summed E-state index contributed by atoms with van der Waals surface area (Å²) < 4.78 is 29.3. The summed E-state index contributed by atoms with van der Waals surface area (Å²) in [5.74, 6) is 0. The van der Waals surface area contributed by atoms with E-state index in [0.29, 0.717) is 4.90 Å². The summed E-state index contributed by atoms with van der Waals surface area (Å²) in [5.41, 5.74) is 2.28. The summed E-state index contributed by atoms with van der Waals surface area (Å²) in [7, 11) is -3.62. The van der Waals surface area contributed by atoms with Crippen molar-refractivity contribution in [1.29, 1.82) is 0 Å². The van der Waals surface area contributed by atoms with Gasteiger partial charge in [-0.15, -0.1) is 0 Å². The van der Waals surface area contributed by atoms with Gasteiger partial charge in [0.15, 0.2) is 0 Å². The van der Waals surface area contributed by atoms with Crippen LogP contribution < -0.4 is 10.0 Å². The number of rotatable bonds is 4. The third-order valence-corrected chi connectivity index (χ3v) is 7.28. The molecule has 2 N–H and O–H groups in total. The lowest BCUT2D eigenvalue weighted by Gasteiger charge is -2.37. The molecule has 3 aromatic rings. The fourth-order valence-electron chi connectivity index (χ4n) is 4.59. The molecule has 5 rings (SSSR count). The smallest absolute Gasteiger partial charge is 0.241 e. The molecule has 1 fully saturated rings. The van der Waals surface area contributed by atoms with E-state index in [2.05, 4.69) is 45.3 Å². The second-order valence-electron chi connectivity index (χ2n) is 7.44. The zero-order chi connectivity index (χ0) is 19.1. The van der Waals surface area contributed by atoms with E-state index < -0.39 is 10.0 Å². The zero-order valence-electron chi connectivity index (χ0n) is 15.5. The Labute approximate surface area is 165 Å². The van der Waals surface area contributed by atoms with E-state index in [0.717, 1.165) is 37.1 Å². The average molecular weight is 394 g/mol. The molecule has 1 saturated heterocycles. The Hall–Kier alpha value is -2.25. The Balaban J connectivity index is 1.61. The maximum atomic E-state index is 13.1. The van der Waals surface area contributed by atoms with Crippen LogP contribution in [0.5, 0.6) is 0 Å². The van der Waals surface area contributed by atoms with Crippen LogP contribution in [-0.4, -0.2) is 39.5 Å².